The van der Waals surface area contributed by atoms with Crippen LogP contribution in [0.3, 0.4) is 0 Å². The maximum Gasteiger partial charge on any atom is 0.341 e. The number of nitrogens with zero attached hydrogens (tertiary/aromatic N) is 5. The van der Waals surface area contributed by atoms with Gasteiger partial charge >= 0.3 is 6.03 Å². The lowest BCUT2D eigenvalue weighted by Gasteiger charge is -2.26. The summed E-state index contributed by atoms with van der Waals surface area (Å²) in [6, 6.07) is 6.11. The van der Waals surface area contributed by atoms with E-state index in [4.69, 9.17) is 12.2 Å². The zero-order valence-corrected chi connectivity index (χ0v) is 15.8. The van der Waals surface area contributed by atoms with Gasteiger partial charge in [0.15, 0.2) is 11.3 Å². The Morgan fingerprint density at radius 3 is 2.67 bits per heavy atom. The highest BCUT2D eigenvalue weighted by Gasteiger charge is 2.52. The van der Waals surface area contributed by atoms with Gasteiger partial charge in [-0.2, -0.15) is 10.1 Å². The highest BCUT2D eigenvalue weighted by Crippen LogP contribution is 2.29. The van der Waals surface area contributed by atoms with Crippen LogP contribution in [0.2, 0.25) is 0 Å². The largest absolute Gasteiger partial charge is 0.341 e. The Morgan fingerprint density at radius 1 is 1.30 bits per heavy atom. The molecule has 2 aliphatic rings. The highest BCUT2D eigenvalue weighted by molar-refractivity contribution is 7.80. The van der Waals surface area contributed by atoms with Crippen molar-refractivity contribution >= 4 is 41.3 Å². The van der Waals surface area contributed by atoms with Crippen LogP contribution in [-0.4, -0.2) is 62.5 Å². The molecule has 0 saturated carbocycles. The number of likely N-dealkylation sites (N-methyl/N-ethyl adjacent to an activating group) is 2. The van der Waals surface area contributed by atoms with Gasteiger partial charge in [0, 0.05) is 25.4 Å². The number of benzene rings is 1. The van der Waals surface area contributed by atoms with Gasteiger partial charge in [-0.05, 0) is 44.3 Å². The first kappa shape index (κ1) is 18.8. The Labute approximate surface area is 162 Å². The van der Waals surface area contributed by atoms with Crippen molar-refractivity contribution in [3.63, 3.8) is 0 Å². The van der Waals surface area contributed by atoms with E-state index >= 15 is 0 Å². The monoisotopic (exact) mass is 388 g/mol. The Bertz CT molecular complexity index is 827. The molecule has 2 aliphatic heterocycles. The van der Waals surface area contributed by atoms with Crippen LogP contribution in [0.1, 0.15) is 19.4 Å². The van der Waals surface area contributed by atoms with Gasteiger partial charge in [-0.15, -0.1) is 0 Å². The number of amides is 2. The van der Waals surface area contributed by atoms with E-state index in [9.17, 15) is 14.9 Å². The van der Waals surface area contributed by atoms with Crippen LogP contribution >= 0.6 is 12.2 Å². The third-order valence-electron chi connectivity index (χ3n) is 4.53. The molecule has 2 saturated heterocycles. The molecular formula is C17H20N6O3S. The number of hydrazone groups is 1. The molecule has 27 heavy (non-hydrogen) atoms. The lowest BCUT2D eigenvalue weighted by molar-refractivity contribution is -0.385. The number of nitro groups is 1. The van der Waals surface area contributed by atoms with Crippen molar-refractivity contribution in [3.05, 3.63) is 46.0 Å². The van der Waals surface area contributed by atoms with Crippen LogP contribution in [0.5, 0.6) is 0 Å². The number of thiocarbonyl (C=S) groups is 1. The normalized spacial score (nSPS) is 22.2. The van der Waals surface area contributed by atoms with Crippen molar-refractivity contribution in [2.75, 3.05) is 13.1 Å². The molecule has 3 rings (SSSR count). The van der Waals surface area contributed by atoms with E-state index in [-0.39, 0.29) is 24.1 Å². The van der Waals surface area contributed by atoms with E-state index in [1.54, 1.807) is 30.4 Å². The number of nitro benzene ring substituents is 1. The Kier molecular flexibility index (Phi) is 5.36. The van der Waals surface area contributed by atoms with Crippen molar-refractivity contribution in [1.29, 1.82) is 0 Å². The second kappa shape index (κ2) is 7.70. The molecule has 0 spiro atoms. The number of allylic oxidation sites excluding steroid dienone is 1. The summed E-state index contributed by atoms with van der Waals surface area (Å²) >= 11 is 5.49. The third kappa shape index (κ3) is 3.35. The summed E-state index contributed by atoms with van der Waals surface area (Å²) in [6.45, 7) is 5.30. The number of rotatable bonds is 6. The molecule has 2 amide bonds. The van der Waals surface area contributed by atoms with E-state index in [1.807, 2.05) is 23.6 Å². The first-order valence-corrected chi connectivity index (χ1v) is 9.01. The predicted octanol–water partition coefficient (Wildman–Crippen LogP) is 2.21. The zero-order chi connectivity index (χ0) is 19.6. The highest BCUT2D eigenvalue weighted by atomic mass is 32.1. The summed E-state index contributed by atoms with van der Waals surface area (Å²) in [4.78, 5) is 26.8. The molecule has 142 valence electrons. The van der Waals surface area contributed by atoms with E-state index in [0.29, 0.717) is 23.8 Å². The van der Waals surface area contributed by atoms with Crippen LogP contribution < -0.4 is 5.32 Å². The molecule has 1 N–H and O–H groups in total. The SMILES string of the molecule is CCN1C(=S)N(CC)C2C1NC(=O)N2/N=C/C=C/c1ccccc1[N+](=O)[O-]. The van der Waals surface area contributed by atoms with Gasteiger partial charge in [0.05, 0.1) is 10.5 Å². The molecule has 2 fully saturated rings. The molecule has 0 radical (unpaired) electrons. The zero-order valence-electron chi connectivity index (χ0n) is 15.0. The topological polar surface area (TPSA) is 94.3 Å². The summed E-state index contributed by atoms with van der Waals surface area (Å²) in [5, 5.41) is 20.2. The summed E-state index contributed by atoms with van der Waals surface area (Å²) < 4.78 is 0. The molecule has 1 aromatic rings. The summed E-state index contributed by atoms with van der Waals surface area (Å²) in [7, 11) is 0. The molecule has 2 atom stereocenters. The minimum absolute atomic E-state index is 0.0121. The molecule has 1 aromatic carbocycles. The smallest absolute Gasteiger partial charge is 0.325 e. The van der Waals surface area contributed by atoms with Crippen molar-refractivity contribution in [3.8, 4) is 0 Å². The van der Waals surface area contributed by atoms with Gasteiger partial charge in [0.1, 0.15) is 6.17 Å². The molecule has 0 aromatic heterocycles. The second-order valence-electron chi connectivity index (χ2n) is 5.95. The van der Waals surface area contributed by atoms with Gasteiger partial charge in [-0.3, -0.25) is 10.1 Å². The fourth-order valence-corrected chi connectivity index (χ4v) is 3.77. The van der Waals surface area contributed by atoms with E-state index in [2.05, 4.69) is 10.4 Å². The quantitative estimate of drug-likeness (QED) is 0.348. The lowest BCUT2D eigenvalue weighted by atomic mass is 10.2. The first-order chi connectivity index (χ1) is 13.0. The van der Waals surface area contributed by atoms with E-state index < -0.39 is 4.92 Å². The summed E-state index contributed by atoms with van der Waals surface area (Å²) in [6.07, 6.45) is 4.05. The van der Waals surface area contributed by atoms with Crippen LogP contribution in [0.25, 0.3) is 6.08 Å². The van der Waals surface area contributed by atoms with Crippen molar-refractivity contribution in [2.45, 2.75) is 26.2 Å². The number of carbonyl (C=O) groups is 1. The number of carbonyl (C=O) groups excluding carboxylic acids is 1. The summed E-state index contributed by atoms with van der Waals surface area (Å²) in [5.74, 6) is 0. The maximum absolute atomic E-state index is 12.3. The molecule has 0 bridgehead atoms. The van der Waals surface area contributed by atoms with Gasteiger partial charge < -0.3 is 15.1 Å². The number of hydrogen-bond donors (Lipinski definition) is 1. The number of hydrogen-bond acceptors (Lipinski definition) is 5. The van der Waals surface area contributed by atoms with Crippen LogP contribution in [-0.2, 0) is 0 Å². The predicted molar refractivity (Wildman–Crippen MR) is 106 cm³/mol. The Balaban J connectivity index is 1.78. The maximum atomic E-state index is 12.3. The van der Waals surface area contributed by atoms with E-state index in [1.165, 1.54) is 17.3 Å². The fraction of sp³-hybridized carbons (Fsp3) is 0.353. The van der Waals surface area contributed by atoms with Crippen LogP contribution in [0.4, 0.5) is 10.5 Å². The van der Waals surface area contributed by atoms with Gasteiger partial charge in [0.2, 0.25) is 0 Å². The minimum atomic E-state index is -0.437. The number of fused-ring (bicyclic) bond motifs is 1. The molecule has 2 heterocycles. The lowest BCUT2D eigenvalue weighted by Crippen LogP contribution is -2.43. The van der Waals surface area contributed by atoms with Crippen LogP contribution in [0.15, 0.2) is 35.4 Å². The van der Waals surface area contributed by atoms with Crippen LogP contribution in [0, 0.1) is 10.1 Å². The fourth-order valence-electron chi connectivity index (χ4n) is 3.29. The first-order valence-electron chi connectivity index (χ1n) is 8.60. The standard InChI is InChI=1S/C17H20N6O3S/c1-3-20-14-15(21(4-2)17(20)27)22(16(24)19-14)18-11-7-9-12-8-5-6-10-13(12)23(25)26/h5-11,14-15H,3-4H2,1-2H3,(H,19,24)/b9-7+,18-11+. The third-order valence-corrected chi connectivity index (χ3v) is 5.00. The van der Waals surface area contributed by atoms with Crippen molar-refractivity contribution in [2.24, 2.45) is 5.10 Å². The second-order valence-corrected chi connectivity index (χ2v) is 6.31. The average Bonchev–Trinajstić information content (AvgIpc) is 3.10. The van der Waals surface area contributed by atoms with Gasteiger partial charge in [-0.1, -0.05) is 12.1 Å². The van der Waals surface area contributed by atoms with Crippen molar-refractivity contribution in [1.82, 2.24) is 20.1 Å². The van der Waals surface area contributed by atoms with Gasteiger partial charge in [0.25, 0.3) is 5.69 Å². The molecule has 9 nitrogen and oxygen atoms in total. The minimum Gasteiger partial charge on any atom is -0.325 e. The molecule has 10 heteroatoms. The number of para-hydroxylation sites is 1. The molecular weight excluding hydrogens is 368 g/mol. The van der Waals surface area contributed by atoms with E-state index in [0.717, 1.165) is 0 Å². The number of nitrogens with one attached hydrogen (secondary N) is 1. The number of urea groups is 1. The Morgan fingerprint density at radius 2 is 2.00 bits per heavy atom. The Hall–Kier alpha value is -3.01. The summed E-state index contributed by atoms with van der Waals surface area (Å²) in [5.41, 5.74) is 0.477. The molecule has 0 aliphatic carbocycles. The average molecular weight is 388 g/mol. The van der Waals surface area contributed by atoms with Crippen molar-refractivity contribution < 1.29 is 9.72 Å². The van der Waals surface area contributed by atoms with Gasteiger partial charge in [-0.25, -0.2) is 4.79 Å². The molecule has 2 unspecified atom stereocenters.